The van der Waals surface area contributed by atoms with Crippen LogP contribution in [0.2, 0.25) is 10.0 Å². The Morgan fingerprint density at radius 2 is 1.84 bits per heavy atom. The zero-order valence-electron chi connectivity index (χ0n) is 14.0. The van der Waals surface area contributed by atoms with Crippen LogP contribution in [-0.2, 0) is 0 Å². The molecule has 6 nitrogen and oxygen atoms in total. The van der Waals surface area contributed by atoms with Gasteiger partial charge in [-0.1, -0.05) is 23.2 Å². The Morgan fingerprint density at radius 1 is 1.12 bits per heavy atom. The number of aryl methyl sites for hydroxylation is 1. The van der Waals surface area contributed by atoms with Crippen LogP contribution in [0.5, 0.6) is 5.88 Å². The van der Waals surface area contributed by atoms with Gasteiger partial charge in [-0.25, -0.2) is 4.98 Å². The maximum atomic E-state index is 12.7. The number of aromatic nitrogens is 2. The van der Waals surface area contributed by atoms with Crippen molar-refractivity contribution in [1.82, 2.24) is 14.9 Å². The minimum atomic E-state index is -0.108. The molecule has 0 radical (unpaired) electrons. The van der Waals surface area contributed by atoms with Gasteiger partial charge in [0.05, 0.1) is 17.7 Å². The number of hydrogen-bond acceptors (Lipinski definition) is 5. The number of amides is 1. The lowest BCUT2D eigenvalue weighted by molar-refractivity contribution is 0.0746. The van der Waals surface area contributed by atoms with Crippen LogP contribution in [0.25, 0.3) is 0 Å². The van der Waals surface area contributed by atoms with Gasteiger partial charge in [-0.3, -0.25) is 4.79 Å². The third-order valence-corrected chi connectivity index (χ3v) is 4.62. The summed E-state index contributed by atoms with van der Waals surface area (Å²) in [7, 11) is 1.58. The fraction of sp³-hybridized carbons (Fsp3) is 0.353. The third kappa shape index (κ3) is 3.96. The lowest BCUT2D eigenvalue weighted by Gasteiger charge is -2.35. The van der Waals surface area contributed by atoms with Gasteiger partial charge in [-0.05, 0) is 25.1 Å². The van der Waals surface area contributed by atoms with Crippen LogP contribution < -0.4 is 9.64 Å². The molecule has 2 heterocycles. The molecule has 1 aromatic heterocycles. The Bertz CT molecular complexity index is 792. The summed E-state index contributed by atoms with van der Waals surface area (Å²) in [6.07, 6.45) is 0. The molecule has 0 saturated carbocycles. The number of ether oxygens (including phenoxy) is 1. The van der Waals surface area contributed by atoms with Crippen molar-refractivity contribution in [1.29, 1.82) is 0 Å². The number of halogens is 2. The van der Waals surface area contributed by atoms with Crippen LogP contribution >= 0.6 is 23.2 Å². The van der Waals surface area contributed by atoms with E-state index in [2.05, 4.69) is 14.9 Å². The van der Waals surface area contributed by atoms with Gasteiger partial charge in [-0.2, -0.15) is 4.98 Å². The van der Waals surface area contributed by atoms with Crippen molar-refractivity contribution in [3.63, 3.8) is 0 Å². The van der Waals surface area contributed by atoms with Gasteiger partial charge in [0.2, 0.25) is 5.88 Å². The molecule has 8 heteroatoms. The highest BCUT2D eigenvalue weighted by molar-refractivity contribution is 6.35. The molecule has 132 valence electrons. The smallest absolute Gasteiger partial charge is 0.255 e. The predicted octanol–water partition coefficient (Wildman–Crippen LogP) is 3.06. The summed E-state index contributed by atoms with van der Waals surface area (Å²) in [4.78, 5) is 25.2. The Hall–Kier alpha value is -2.05. The van der Waals surface area contributed by atoms with Crippen molar-refractivity contribution < 1.29 is 9.53 Å². The minimum Gasteiger partial charge on any atom is -0.481 e. The molecule has 25 heavy (non-hydrogen) atoms. The molecular weight excluding hydrogens is 363 g/mol. The highest BCUT2D eigenvalue weighted by atomic mass is 35.5. The molecule has 1 fully saturated rings. The van der Waals surface area contributed by atoms with Crippen LogP contribution in [0, 0.1) is 6.92 Å². The van der Waals surface area contributed by atoms with Crippen molar-refractivity contribution in [3.05, 3.63) is 45.7 Å². The van der Waals surface area contributed by atoms with Crippen molar-refractivity contribution in [2.75, 3.05) is 38.2 Å². The van der Waals surface area contributed by atoms with Crippen LogP contribution in [0.15, 0.2) is 24.3 Å². The fourth-order valence-corrected chi connectivity index (χ4v) is 3.13. The molecule has 1 aliphatic heterocycles. The third-order valence-electron chi connectivity index (χ3n) is 4.06. The topological polar surface area (TPSA) is 58.6 Å². The van der Waals surface area contributed by atoms with E-state index in [0.717, 1.165) is 5.82 Å². The van der Waals surface area contributed by atoms with E-state index in [9.17, 15) is 4.79 Å². The number of piperazine rings is 1. The highest BCUT2D eigenvalue weighted by Gasteiger charge is 2.25. The van der Waals surface area contributed by atoms with E-state index in [1.165, 1.54) is 0 Å². The Kier molecular flexibility index (Phi) is 5.30. The van der Waals surface area contributed by atoms with Crippen LogP contribution in [-0.4, -0.2) is 54.1 Å². The number of hydrogen-bond donors (Lipinski definition) is 0. The zero-order chi connectivity index (χ0) is 18.0. The number of carbonyl (C=O) groups excluding carboxylic acids is 1. The van der Waals surface area contributed by atoms with Crippen LogP contribution in [0.4, 0.5) is 5.82 Å². The first-order valence-corrected chi connectivity index (χ1v) is 8.62. The van der Waals surface area contributed by atoms with Crippen LogP contribution in [0.3, 0.4) is 0 Å². The van der Waals surface area contributed by atoms with E-state index >= 15 is 0 Å². The summed E-state index contributed by atoms with van der Waals surface area (Å²) in [5, 5.41) is 0.905. The minimum absolute atomic E-state index is 0.108. The molecule has 1 saturated heterocycles. The first-order chi connectivity index (χ1) is 12.0. The Balaban J connectivity index is 1.70. The molecule has 1 aromatic carbocycles. The molecule has 0 spiro atoms. The summed E-state index contributed by atoms with van der Waals surface area (Å²) in [6.45, 7) is 4.32. The van der Waals surface area contributed by atoms with E-state index in [0.29, 0.717) is 53.5 Å². The fourth-order valence-electron chi connectivity index (χ4n) is 2.76. The van der Waals surface area contributed by atoms with Gasteiger partial charge < -0.3 is 14.5 Å². The number of nitrogens with zero attached hydrogens (tertiary/aromatic N) is 4. The van der Waals surface area contributed by atoms with E-state index in [-0.39, 0.29) is 5.91 Å². The first kappa shape index (κ1) is 17.8. The van der Waals surface area contributed by atoms with Gasteiger partial charge in [0.15, 0.2) is 0 Å². The summed E-state index contributed by atoms with van der Waals surface area (Å²) < 4.78 is 5.20. The molecule has 1 amide bonds. The maximum Gasteiger partial charge on any atom is 0.255 e. The number of rotatable bonds is 3. The average Bonchev–Trinajstić information content (AvgIpc) is 2.62. The quantitative estimate of drug-likeness (QED) is 0.818. The number of methoxy groups -OCH3 is 1. The Labute approximate surface area is 156 Å². The van der Waals surface area contributed by atoms with Crippen molar-refractivity contribution in [3.8, 4) is 5.88 Å². The van der Waals surface area contributed by atoms with Gasteiger partial charge in [-0.15, -0.1) is 0 Å². The lowest BCUT2D eigenvalue weighted by Crippen LogP contribution is -2.49. The van der Waals surface area contributed by atoms with E-state index < -0.39 is 0 Å². The summed E-state index contributed by atoms with van der Waals surface area (Å²) in [5.74, 6) is 1.88. The van der Waals surface area contributed by atoms with Gasteiger partial charge in [0.25, 0.3) is 5.91 Å². The SMILES string of the molecule is COc1cc(N2CCN(C(=O)c3cc(Cl)ccc3Cl)CC2)nc(C)n1. The first-order valence-electron chi connectivity index (χ1n) is 7.87. The van der Waals surface area contributed by atoms with E-state index in [1.807, 2.05) is 6.92 Å². The zero-order valence-corrected chi connectivity index (χ0v) is 15.5. The average molecular weight is 381 g/mol. The molecule has 0 bridgehead atoms. The number of anilines is 1. The summed E-state index contributed by atoms with van der Waals surface area (Å²) >= 11 is 12.1. The van der Waals surface area contributed by atoms with Crippen molar-refractivity contribution >= 4 is 34.9 Å². The standard InChI is InChI=1S/C17H18Cl2N4O2/c1-11-20-15(10-16(21-11)25-2)22-5-7-23(8-6-22)17(24)13-9-12(18)3-4-14(13)19/h3-4,9-10H,5-8H2,1-2H3. The normalized spacial score (nSPS) is 14.6. The summed E-state index contributed by atoms with van der Waals surface area (Å²) in [6, 6.07) is 6.72. The molecule has 2 aromatic rings. The second-order valence-corrected chi connectivity index (χ2v) is 6.56. The number of carbonyl (C=O) groups is 1. The van der Waals surface area contributed by atoms with Crippen molar-refractivity contribution in [2.24, 2.45) is 0 Å². The van der Waals surface area contributed by atoms with Crippen molar-refractivity contribution in [2.45, 2.75) is 6.92 Å². The lowest BCUT2D eigenvalue weighted by atomic mass is 10.1. The van der Waals surface area contributed by atoms with E-state index in [4.69, 9.17) is 27.9 Å². The molecule has 0 unspecified atom stereocenters. The predicted molar refractivity (Wildman–Crippen MR) is 97.9 cm³/mol. The largest absolute Gasteiger partial charge is 0.481 e. The second-order valence-electron chi connectivity index (χ2n) is 5.72. The second kappa shape index (κ2) is 7.45. The van der Waals surface area contributed by atoms with Crippen LogP contribution in [0.1, 0.15) is 16.2 Å². The molecule has 0 aliphatic carbocycles. The van der Waals surface area contributed by atoms with Gasteiger partial charge in [0, 0.05) is 37.3 Å². The summed E-state index contributed by atoms with van der Waals surface area (Å²) in [5.41, 5.74) is 0.433. The molecule has 0 N–H and O–H groups in total. The molecule has 1 aliphatic rings. The molecule has 0 atom stereocenters. The molecule has 3 rings (SSSR count). The van der Waals surface area contributed by atoms with Gasteiger partial charge >= 0.3 is 0 Å². The number of benzene rings is 1. The highest BCUT2D eigenvalue weighted by Crippen LogP contribution is 2.24. The van der Waals surface area contributed by atoms with Gasteiger partial charge in [0.1, 0.15) is 11.6 Å². The van der Waals surface area contributed by atoms with E-state index in [1.54, 1.807) is 36.3 Å². The molecular formula is C17H18Cl2N4O2. The Morgan fingerprint density at radius 3 is 2.52 bits per heavy atom. The monoisotopic (exact) mass is 380 g/mol. The maximum absolute atomic E-state index is 12.7.